The predicted molar refractivity (Wildman–Crippen MR) is 82.4 cm³/mol. The summed E-state index contributed by atoms with van der Waals surface area (Å²) in [4.78, 5) is 18.2. The Morgan fingerprint density at radius 2 is 2.35 bits per heavy atom. The Morgan fingerprint density at radius 1 is 1.48 bits per heavy atom. The molecule has 0 spiro atoms. The molecule has 1 saturated heterocycles. The topological polar surface area (TPSA) is 80.7 Å². The third-order valence-corrected chi connectivity index (χ3v) is 4.07. The van der Waals surface area contributed by atoms with Gasteiger partial charge in [-0.2, -0.15) is 0 Å². The van der Waals surface area contributed by atoms with Crippen LogP contribution in [-0.4, -0.2) is 52.3 Å². The van der Waals surface area contributed by atoms with Gasteiger partial charge in [0, 0.05) is 51.5 Å². The number of imidazole rings is 1. The Bertz CT molecular complexity index is 664. The van der Waals surface area contributed by atoms with Gasteiger partial charge >= 0.3 is 0 Å². The molecule has 3 heterocycles. The highest BCUT2D eigenvalue weighted by Gasteiger charge is 2.30. The fourth-order valence-electron chi connectivity index (χ4n) is 2.94. The first-order valence-electron chi connectivity index (χ1n) is 7.69. The lowest BCUT2D eigenvalue weighted by Crippen LogP contribution is -2.29. The maximum atomic E-state index is 12.0. The van der Waals surface area contributed by atoms with Crippen molar-refractivity contribution in [1.82, 2.24) is 14.5 Å². The summed E-state index contributed by atoms with van der Waals surface area (Å²) in [6, 6.07) is 3.54. The quantitative estimate of drug-likeness (QED) is 0.827. The van der Waals surface area contributed by atoms with Gasteiger partial charge in [0.1, 0.15) is 12.4 Å². The molecule has 1 amide bonds. The van der Waals surface area contributed by atoms with E-state index in [9.17, 15) is 4.79 Å². The zero-order valence-corrected chi connectivity index (χ0v) is 13.1. The number of methoxy groups -OCH3 is 1. The summed E-state index contributed by atoms with van der Waals surface area (Å²) < 4.78 is 12.6. The van der Waals surface area contributed by atoms with Gasteiger partial charge in [-0.25, -0.2) is 4.98 Å². The molecule has 1 fully saturated rings. The fourth-order valence-corrected chi connectivity index (χ4v) is 2.94. The summed E-state index contributed by atoms with van der Waals surface area (Å²) >= 11 is 0. The normalized spacial score (nSPS) is 18.1. The molecule has 1 aliphatic heterocycles. The summed E-state index contributed by atoms with van der Waals surface area (Å²) in [7, 11) is 1.64. The van der Waals surface area contributed by atoms with Gasteiger partial charge in [0.25, 0.3) is 0 Å². The lowest BCUT2D eigenvalue weighted by atomic mass is 10.1. The average molecular weight is 319 g/mol. The molecule has 1 atom stereocenters. The molecule has 1 N–H and O–H groups in total. The van der Waals surface area contributed by atoms with Crippen LogP contribution in [0.25, 0.3) is 11.6 Å². The fraction of sp³-hybridized carbons (Fsp3) is 0.500. The van der Waals surface area contributed by atoms with E-state index in [2.05, 4.69) is 4.98 Å². The number of nitrogens with zero attached hydrogens (tertiary/aromatic N) is 3. The van der Waals surface area contributed by atoms with E-state index < -0.39 is 0 Å². The number of carbonyl (C=O) groups is 1. The number of hydrogen-bond donors (Lipinski definition) is 1. The maximum absolute atomic E-state index is 12.0. The van der Waals surface area contributed by atoms with E-state index in [4.69, 9.17) is 14.3 Å². The zero-order valence-electron chi connectivity index (χ0n) is 13.1. The van der Waals surface area contributed by atoms with Crippen LogP contribution in [0.3, 0.4) is 0 Å². The predicted octanol–water partition coefficient (Wildman–Crippen LogP) is 1.13. The van der Waals surface area contributed by atoms with Gasteiger partial charge in [0.05, 0.1) is 6.61 Å². The van der Waals surface area contributed by atoms with E-state index in [0.29, 0.717) is 43.5 Å². The van der Waals surface area contributed by atoms with Crippen LogP contribution in [0, 0.1) is 5.92 Å². The minimum absolute atomic E-state index is 0.133. The molecule has 7 heteroatoms. The minimum Gasteiger partial charge on any atom is -0.455 e. The van der Waals surface area contributed by atoms with Gasteiger partial charge in [0.2, 0.25) is 5.91 Å². The Hall–Kier alpha value is -2.12. The van der Waals surface area contributed by atoms with Crippen molar-refractivity contribution in [2.24, 2.45) is 5.92 Å². The Morgan fingerprint density at radius 3 is 3.09 bits per heavy atom. The number of aromatic nitrogens is 2. The highest BCUT2D eigenvalue weighted by atomic mass is 16.5. The van der Waals surface area contributed by atoms with Gasteiger partial charge < -0.3 is 23.7 Å². The second-order valence-electron chi connectivity index (χ2n) is 5.73. The molecule has 0 aromatic carbocycles. The third-order valence-electron chi connectivity index (χ3n) is 4.07. The third kappa shape index (κ3) is 3.46. The first-order valence-corrected chi connectivity index (χ1v) is 7.69. The van der Waals surface area contributed by atoms with Crippen LogP contribution >= 0.6 is 0 Å². The highest BCUT2D eigenvalue weighted by molar-refractivity contribution is 5.78. The van der Waals surface area contributed by atoms with Crippen LogP contribution in [0.5, 0.6) is 0 Å². The van der Waals surface area contributed by atoms with Crippen LogP contribution in [0.4, 0.5) is 0 Å². The number of amides is 1. The number of rotatable bonds is 7. The average Bonchev–Trinajstić information content (AvgIpc) is 3.25. The molecule has 1 unspecified atom stereocenters. The highest BCUT2D eigenvalue weighted by Crippen LogP contribution is 2.24. The van der Waals surface area contributed by atoms with Crippen molar-refractivity contribution in [3.63, 3.8) is 0 Å². The number of aliphatic hydroxyl groups excluding tert-OH is 1. The molecule has 23 heavy (non-hydrogen) atoms. The first kappa shape index (κ1) is 15.8. The molecular formula is C16H21N3O4. The standard InChI is InChI=1S/C16H21N3O4/c1-22-7-6-18-9-12(8-15(18)21)10-19-5-4-17-16(19)14-3-2-13(11-20)23-14/h2-5,12,20H,6-11H2,1H3. The maximum Gasteiger partial charge on any atom is 0.223 e. The Balaban J connectivity index is 1.68. The number of likely N-dealkylation sites (tertiary alicyclic amines) is 1. The van der Waals surface area contributed by atoms with Gasteiger partial charge in [0.15, 0.2) is 11.6 Å². The van der Waals surface area contributed by atoms with Crippen molar-refractivity contribution in [1.29, 1.82) is 0 Å². The van der Waals surface area contributed by atoms with E-state index in [1.165, 1.54) is 0 Å². The summed E-state index contributed by atoms with van der Waals surface area (Å²) in [5.41, 5.74) is 0. The van der Waals surface area contributed by atoms with E-state index in [0.717, 1.165) is 6.54 Å². The molecule has 0 saturated carbocycles. The molecule has 7 nitrogen and oxygen atoms in total. The Kier molecular flexibility index (Phi) is 4.78. The van der Waals surface area contributed by atoms with Gasteiger partial charge in [-0.05, 0) is 12.1 Å². The number of carbonyl (C=O) groups excluding carboxylic acids is 1. The zero-order chi connectivity index (χ0) is 16.2. The van der Waals surface area contributed by atoms with E-state index >= 15 is 0 Å². The summed E-state index contributed by atoms with van der Waals surface area (Å²) in [5, 5.41) is 9.10. The van der Waals surface area contributed by atoms with Crippen LogP contribution in [-0.2, 0) is 22.7 Å². The van der Waals surface area contributed by atoms with Crippen LogP contribution in [0.1, 0.15) is 12.2 Å². The van der Waals surface area contributed by atoms with E-state index in [-0.39, 0.29) is 18.4 Å². The van der Waals surface area contributed by atoms with Crippen LogP contribution < -0.4 is 0 Å². The number of furan rings is 1. The van der Waals surface area contributed by atoms with Crippen LogP contribution in [0.15, 0.2) is 28.9 Å². The smallest absolute Gasteiger partial charge is 0.223 e. The molecule has 0 radical (unpaired) electrons. The van der Waals surface area contributed by atoms with Crippen molar-refractivity contribution >= 4 is 5.91 Å². The minimum atomic E-state index is -0.133. The largest absolute Gasteiger partial charge is 0.455 e. The van der Waals surface area contributed by atoms with Crippen molar-refractivity contribution < 1.29 is 19.1 Å². The van der Waals surface area contributed by atoms with Crippen molar-refractivity contribution in [3.8, 4) is 11.6 Å². The summed E-state index contributed by atoms with van der Waals surface area (Å²) in [5.74, 6) is 2.28. The molecule has 2 aromatic rings. The molecule has 3 rings (SSSR count). The van der Waals surface area contributed by atoms with E-state index in [1.807, 2.05) is 15.7 Å². The second-order valence-corrected chi connectivity index (χ2v) is 5.73. The number of ether oxygens (including phenoxy) is 1. The monoisotopic (exact) mass is 319 g/mol. The SMILES string of the molecule is COCCN1CC(Cn2ccnc2-c2ccc(CO)o2)CC1=O. The van der Waals surface area contributed by atoms with Gasteiger partial charge in [-0.1, -0.05) is 0 Å². The molecule has 0 bridgehead atoms. The lowest BCUT2D eigenvalue weighted by Gasteiger charge is -2.16. The summed E-state index contributed by atoms with van der Waals surface area (Å²) in [6.45, 7) is 2.51. The van der Waals surface area contributed by atoms with Crippen molar-refractivity contribution in [2.45, 2.75) is 19.6 Å². The van der Waals surface area contributed by atoms with Gasteiger partial charge in [-0.3, -0.25) is 4.79 Å². The molecule has 0 aliphatic carbocycles. The first-order chi connectivity index (χ1) is 11.2. The molecule has 1 aliphatic rings. The van der Waals surface area contributed by atoms with Crippen molar-refractivity contribution in [3.05, 3.63) is 30.3 Å². The summed E-state index contributed by atoms with van der Waals surface area (Å²) in [6.07, 6.45) is 4.15. The van der Waals surface area contributed by atoms with E-state index in [1.54, 1.807) is 25.4 Å². The van der Waals surface area contributed by atoms with Crippen molar-refractivity contribution in [2.75, 3.05) is 26.8 Å². The van der Waals surface area contributed by atoms with Gasteiger partial charge in [-0.15, -0.1) is 0 Å². The lowest BCUT2D eigenvalue weighted by molar-refractivity contribution is -0.128. The van der Waals surface area contributed by atoms with Crippen LogP contribution in [0.2, 0.25) is 0 Å². The molecule has 124 valence electrons. The molecular weight excluding hydrogens is 298 g/mol. The number of aliphatic hydroxyl groups is 1. The Labute approximate surface area is 134 Å². The molecule has 2 aromatic heterocycles. The number of hydrogen-bond acceptors (Lipinski definition) is 5. The second kappa shape index (κ2) is 6.97.